The number of nitrogen functional groups attached to an aromatic ring is 1. The Kier molecular flexibility index (Phi) is 3.18. The SMILES string of the molecule is Nc1ccc(N2CCN(c3ccncn3)CC2)cc1. The molecule has 1 fully saturated rings. The zero-order valence-electron chi connectivity index (χ0n) is 10.7. The topological polar surface area (TPSA) is 58.3 Å². The summed E-state index contributed by atoms with van der Waals surface area (Å²) in [4.78, 5) is 12.9. The Morgan fingerprint density at radius 3 is 2.21 bits per heavy atom. The van der Waals surface area contributed by atoms with Gasteiger partial charge in [0.2, 0.25) is 0 Å². The maximum Gasteiger partial charge on any atom is 0.132 e. The Labute approximate surface area is 112 Å². The first-order valence-corrected chi connectivity index (χ1v) is 6.44. The number of hydrogen-bond donors (Lipinski definition) is 1. The molecule has 3 rings (SSSR count). The van der Waals surface area contributed by atoms with Crippen LogP contribution in [0, 0.1) is 0 Å². The number of aromatic nitrogens is 2. The molecule has 2 aromatic rings. The van der Waals surface area contributed by atoms with Crippen molar-refractivity contribution in [2.24, 2.45) is 0 Å². The molecule has 1 aromatic heterocycles. The van der Waals surface area contributed by atoms with E-state index in [0.717, 1.165) is 37.7 Å². The summed E-state index contributed by atoms with van der Waals surface area (Å²) in [6.45, 7) is 3.94. The van der Waals surface area contributed by atoms with Crippen molar-refractivity contribution in [2.45, 2.75) is 0 Å². The fraction of sp³-hybridized carbons (Fsp3) is 0.286. The predicted octanol–water partition coefficient (Wildman–Crippen LogP) is 1.39. The Morgan fingerprint density at radius 1 is 0.895 bits per heavy atom. The Morgan fingerprint density at radius 2 is 1.58 bits per heavy atom. The molecule has 5 nitrogen and oxygen atoms in total. The minimum Gasteiger partial charge on any atom is -0.399 e. The van der Waals surface area contributed by atoms with Gasteiger partial charge in [0, 0.05) is 43.8 Å². The minimum atomic E-state index is 0.809. The molecule has 2 heterocycles. The van der Waals surface area contributed by atoms with Crippen LogP contribution in [0.1, 0.15) is 0 Å². The van der Waals surface area contributed by atoms with Gasteiger partial charge in [-0.05, 0) is 30.3 Å². The van der Waals surface area contributed by atoms with Gasteiger partial charge < -0.3 is 15.5 Å². The number of nitrogens with two attached hydrogens (primary N) is 1. The van der Waals surface area contributed by atoms with E-state index in [1.54, 1.807) is 12.5 Å². The molecule has 2 N–H and O–H groups in total. The van der Waals surface area contributed by atoms with E-state index in [4.69, 9.17) is 5.73 Å². The van der Waals surface area contributed by atoms with Gasteiger partial charge in [-0.25, -0.2) is 9.97 Å². The van der Waals surface area contributed by atoms with Crippen LogP contribution < -0.4 is 15.5 Å². The largest absolute Gasteiger partial charge is 0.399 e. The maximum absolute atomic E-state index is 5.71. The number of anilines is 3. The lowest BCUT2D eigenvalue weighted by Gasteiger charge is -2.36. The summed E-state index contributed by atoms with van der Waals surface area (Å²) in [5.41, 5.74) is 7.75. The average Bonchev–Trinajstić information content (AvgIpc) is 2.49. The molecule has 0 radical (unpaired) electrons. The Bertz CT molecular complexity index is 517. The van der Waals surface area contributed by atoms with E-state index in [1.165, 1.54) is 5.69 Å². The molecule has 1 aliphatic heterocycles. The third-order valence-corrected chi connectivity index (χ3v) is 3.43. The van der Waals surface area contributed by atoms with E-state index in [2.05, 4.69) is 31.9 Å². The Hall–Kier alpha value is -2.30. The summed E-state index contributed by atoms with van der Waals surface area (Å²) in [6.07, 6.45) is 3.39. The van der Waals surface area contributed by atoms with Gasteiger partial charge in [-0.15, -0.1) is 0 Å². The zero-order valence-corrected chi connectivity index (χ0v) is 10.7. The van der Waals surface area contributed by atoms with Crippen LogP contribution in [0.4, 0.5) is 17.2 Å². The van der Waals surface area contributed by atoms with Crippen LogP contribution in [0.3, 0.4) is 0 Å². The number of benzene rings is 1. The van der Waals surface area contributed by atoms with Crippen molar-refractivity contribution in [3.05, 3.63) is 42.9 Å². The van der Waals surface area contributed by atoms with Crippen LogP contribution in [0.25, 0.3) is 0 Å². The molecule has 0 atom stereocenters. The maximum atomic E-state index is 5.71. The molecule has 1 aromatic carbocycles. The highest BCUT2D eigenvalue weighted by molar-refractivity contribution is 5.54. The first kappa shape index (κ1) is 11.8. The molecule has 98 valence electrons. The van der Waals surface area contributed by atoms with E-state index in [0.29, 0.717) is 0 Å². The second kappa shape index (κ2) is 5.14. The highest BCUT2D eigenvalue weighted by Crippen LogP contribution is 2.19. The lowest BCUT2D eigenvalue weighted by molar-refractivity contribution is 0.647. The van der Waals surface area contributed by atoms with Crippen molar-refractivity contribution < 1.29 is 0 Å². The molecular formula is C14H17N5. The van der Waals surface area contributed by atoms with Gasteiger partial charge in [0.15, 0.2) is 0 Å². The standard InChI is InChI=1S/C14H17N5/c15-12-1-3-13(4-2-12)18-7-9-19(10-8-18)14-5-6-16-11-17-14/h1-6,11H,7-10,15H2. The number of rotatable bonds is 2. The molecule has 5 heteroatoms. The molecule has 19 heavy (non-hydrogen) atoms. The van der Waals surface area contributed by atoms with Crippen LogP contribution in [0.15, 0.2) is 42.9 Å². The second-order valence-corrected chi connectivity index (χ2v) is 4.63. The van der Waals surface area contributed by atoms with Crippen molar-refractivity contribution in [1.82, 2.24) is 9.97 Å². The Balaban J connectivity index is 1.65. The van der Waals surface area contributed by atoms with E-state index in [1.807, 2.05) is 18.2 Å². The quantitative estimate of drug-likeness (QED) is 0.822. The van der Waals surface area contributed by atoms with Crippen molar-refractivity contribution in [3.63, 3.8) is 0 Å². The van der Waals surface area contributed by atoms with Crippen LogP contribution in [-0.2, 0) is 0 Å². The van der Waals surface area contributed by atoms with Crippen molar-refractivity contribution in [1.29, 1.82) is 0 Å². The molecule has 0 amide bonds. The average molecular weight is 255 g/mol. The molecule has 0 unspecified atom stereocenters. The van der Waals surface area contributed by atoms with Crippen molar-refractivity contribution in [2.75, 3.05) is 41.7 Å². The molecule has 0 bridgehead atoms. The summed E-state index contributed by atoms with van der Waals surface area (Å²) in [5.74, 6) is 1.01. The van der Waals surface area contributed by atoms with E-state index in [-0.39, 0.29) is 0 Å². The van der Waals surface area contributed by atoms with Crippen LogP contribution in [0.2, 0.25) is 0 Å². The smallest absolute Gasteiger partial charge is 0.132 e. The summed E-state index contributed by atoms with van der Waals surface area (Å²) < 4.78 is 0. The molecule has 1 aliphatic rings. The fourth-order valence-electron chi connectivity index (χ4n) is 2.35. The normalized spacial score (nSPS) is 15.6. The number of piperazine rings is 1. The minimum absolute atomic E-state index is 0.809. The van der Waals surface area contributed by atoms with E-state index >= 15 is 0 Å². The first-order chi connectivity index (χ1) is 9.33. The fourth-order valence-corrected chi connectivity index (χ4v) is 2.35. The van der Waals surface area contributed by atoms with Gasteiger partial charge in [-0.1, -0.05) is 0 Å². The lowest BCUT2D eigenvalue weighted by atomic mass is 10.2. The van der Waals surface area contributed by atoms with Gasteiger partial charge >= 0.3 is 0 Å². The van der Waals surface area contributed by atoms with Crippen LogP contribution >= 0.6 is 0 Å². The highest BCUT2D eigenvalue weighted by Gasteiger charge is 2.17. The summed E-state index contributed by atoms with van der Waals surface area (Å²) in [5, 5.41) is 0. The number of nitrogens with zero attached hydrogens (tertiary/aromatic N) is 4. The van der Waals surface area contributed by atoms with E-state index < -0.39 is 0 Å². The summed E-state index contributed by atoms with van der Waals surface area (Å²) >= 11 is 0. The molecule has 0 aliphatic carbocycles. The summed E-state index contributed by atoms with van der Waals surface area (Å²) in [7, 11) is 0. The molecular weight excluding hydrogens is 238 g/mol. The zero-order chi connectivity index (χ0) is 13.1. The van der Waals surface area contributed by atoms with Crippen LogP contribution in [0.5, 0.6) is 0 Å². The molecule has 0 spiro atoms. The van der Waals surface area contributed by atoms with Gasteiger partial charge in [-0.3, -0.25) is 0 Å². The van der Waals surface area contributed by atoms with Gasteiger partial charge in [0.25, 0.3) is 0 Å². The third kappa shape index (κ3) is 2.59. The monoisotopic (exact) mass is 255 g/mol. The highest BCUT2D eigenvalue weighted by atomic mass is 15.3. The van der Waals surface area contributed by atoms with Gasteiger partial charge in [-0.2, -0.15) is 0 Å². The van der Waals surface area contributed by atoms with Gasteiger partial charge in [0.1, 0.15) is 12.1 Å². The van der Waals surface area contributed by atoms with Gasteiger partial charge in [0.05, 0.1) is 0 Å². The predicted molar refractivity (Wildman–Crippen MR) is 77.3 cm³/mol. The second-order valence-electron chi connectivity index (χ2n) is 4.63. The van der Waals surface area contributed by atoms with Crippen molar-refractivity contribution in [3.8, 4) is 0 Å². The lowest BCUT2D eigenvalue weighted by Crippen LogP contribution is -2.46. The molecule has 1 saturated heterocycles. The number of hydrogen-bond acceptors (Lipinski definition) is 5. The summed E-state index contributed by atoms with van der Waals surface area (Å²) in [6, 6.07) is 10.0. The third-order valence-electron chi connectivity index (χ3n) is 3.43. The first-order valence-electron chi connectivity index (χ1n) is 6.44. The molecule has 0 saturated carbocycles. The van der Waals surface area contributed by atoms with Crippen molar-refractivity contribution >= 4 is 17.2 Å². The van der Waals surface area contributed by atoms with Crippen LogP contribution in [-0.4, -0.2) is 36.1 Å². The van der Waals surface area contributed by atoms with E-state index in [9.17, 15) is 0 Å².